The molecule has 0 radical (unpaired) electrons. The molecule has 7 rings (SSSR count). The van der Waals surface area contributed by atoms with Gasteiger partial charge in [-0.25, -0.2) is 4.98 Å². The Morgan fingerprint density at radius 1 is 0.864 bits per heavy atom. The van der Waals surface area contributed by atoms with Gasteiger partial charge in [0.1, 0.15) is 24.4 Å². The molecule has 2 aromatic carbocycles. The molecule has 0 saturated carbocycles. The lowest BCUT2D eigenvalue weighted by Crippen LogP contribution is -2.58. The monoisotopic (exact) mass is 921 g/mol. The lowest BCUT2D eigenvalue weighted by molar-refractivity contribution is -0.144. The second kappa shape index (κ2) is 22.7. The predicted molar refractivity (Wildman–Crippen MR) is 248 cm³/mol. The number of ether oxygens (including phenoxy) is 4. The molecule has 16 nitrogen and oxygen atoms in total. The number of amides is 3. The number of aliphatic hydroxyl groups is 1. The molecule has 3 N–H and O–H groups in total. The number of aliphatic hydroxyl groups excluding tert-OH is 1. The molecule has 0 unspecified atom stereocenters. The summed E-state index contributed by atoms with van der Waals surface area (Å²) in [4.78, 5) is 63.4. The smallest absolute Gasteiger partial charge is 0.246 e. The molecule has 350 valence electrons. The number of rotatable bonds is 22. The minimum absolute atomic E-state index is 0.0162. The van der Waals surface area contributed by atoms with Crippen molar-refractivity contribution in [3.8, 4) is 32.8 Å². The number of ketones is 1. The Bertz CT molecular complexity index is 2430. The highest BCUT2D eigenvalue weighted by molar-refractivity contribution is 7.13. The van der Waals surface area contributed by atoms with E-state index in [1.807, 2.05) is 92.6 Å². The number of Topliss-reactive ketones (excluding diaryl/α,β-unsaturated/α-hetero) is 1. The van der Waals surface area contributed by atoms with Crippen LogP contribution in [-0.2, 0) is 52.8 Å². The fourth-order valence-corrected chi connectivity index (χ4v) is 8.87. The molecule has 1 aliphatic carbocycles. The molecule has 17 heteroatoms. The lowest BCUT2D eigenvalue weighted by atomic mass is 9.85. The van der Waals surface area contributed by atoms with Crippen molar-refractivity contribution in [3.63, 3.8) is 0 Å². The number of pyridine rings is 1. The summed E-state index contributed by atoms with van der Waals surface area (Å²) in [5.74, 6) is -1.10. The number of likely N-dealkylation sites (tertiary alicyclic amines) is 1. The Labute approximate surface area is 389 Å². The molecular formula is C49H59N7O9S. The number of benzene rings is 2. The van der Waals surface area contributed by atoms with E-state index in [0.29, 0.717) is 46.0 Å². The van der Waals surface area contributed by atoms with Gasteiger partial charge in [-0.2, -0.15) is 5.10 Å². The van der Waals surface area contributed by atoms with Crippen molar-refractivity contribution in [2.75, 3.05) is 59.4 Å². The van der Waals surface area contributed by atoms with Crippen LogP contribution < -0.4 is 10.6 Å². The third kappa shape index (κ3) is 12.6. The van der Waals surface area contributed by atoms with Crippen molar-refractivity contribution in [2.24, 2.45) is 5.41 Å². The Kier molecular flexibility index (Phi) is 16.6. The van der Waals surface area contributed by atoms with Crippen molar-refractivity contribution in [3.05, 3.63) is 101 Å². The first kappa shape index (κ1) is 48.2. The van der Waals surface area contributed by atoms with Gasteiger partial charge < -0.3 is 39.6 Å². The number of aromatic nitrogens is 4. The third-order valence-corrected chi connectivity index (χ3v) is 12.6. The fraction of sp³-hybridized carbons (Fsp3) is 0.449. The number of aryl methyl sites for hydroxylation is 2. The topological polar surface area (TPSA) is 196 Å². The summed E-state index contributed by atoms with van der Waals surface area (Å²) < 4.78 is 24.5. The highest BCUT2D eigenvalue weighted by Crippen LogP contribution is 2.34. The first-order valence-corrected chi connectivity index (χ1v) is 23.2. The van der Waals surface area contributed by atoms with Crippen LogP contribution in [0.25, 0.3) is 32.8 Å². The number of nitrogens with one attached hydrogen (secondary N) is 2. The maximum absolute atomic E-state index is 13.9. The van der Waals surface area contributed by atoms with Crippen LogP contribution in [0.5, 0.6) is 0 Å². The average molecular weight is 922 g/mol. The molecule has 3 aromatic heterocycles. The number of nitrogens with zero attached hydrogens (tertiary/aromatic N) is 5. The molecule has 1 fully saturated rings. The molecule has 0 bridgehead atoms. The summed E-state index contributed by atoms with van der Waals surface area (Å²) in [5.41, 5.74) is 9.70. The van der Waals surface area contributed by atoms with Crippen LogP contribution in [0, 0.1) is 12.3 Å². The van der Waals surface area contributed by atoms with Gasteiger partial charge in [0.15, 0.2) is 5.78 Å². The molecule has 0 spiro atoms. The van der Waals surface area contributed by atoms with E-state index in [-0.39, 0.29) is 51.0 Å². The minimum Gasteiger partial charge on any atom is -0.391 e. The Hall–Kier alpha value is -5.69. The Morgan fingerprint density at radius 2 is 1.55 bits per heavy atom. The molecule has 3 amide bonds. The van der Waals surface area contributed by atoms with Crippen LogP contribution in [0.2, 0.25) is 0 Å². The zero-order valence-corrected chi connectivity index (χ0v) is 38.8. The van der Waals surface area contributed by atoms with Crippen molar-refractivity contribution in [2.45, 2.75) is 78.2 Å². The van der Waals surface area contributed by atoms with Crippen molar-refractivity contribution < 1.29 is 43.2 Å². The summed E-state index contributed by atoms with van der Waals surface area (Å²) in [6.45, 7) is 10.3. The summed E-state index contributed by atoms with van der Waals surface area (Å²) in [7, 11) is 0. The van der Waals surface area contributed by atoms with Crippen LogP contribution >= 0.6 is 11.3 Å². The number of carbonyl (C=O) groups excluding carboxylic acids is 4. The van der Waals surface area contributed by atoms with Crippen molar-refractivity contribution in [1.82, 2.24) is 35.3 Å². The summed E-state index contributed by atoms with van der Waals surface area (Å²) in [5, 5.41) is 21.1. The maximum atomic E-state index is 13.9. The highest BCUT2D eigenvalue weighted by Gasteiger charge is 2.44. The number of carbonyl (C=O) groups is 4. The number of β-amino-alcohol motifs (C(OH)–C–C–N with tert-alkyl or cyclic N) is 1. The Balaban J connectivity index is 0.763. The highest BCUT2D eigenvalue weighted by atomic mass is 32.1. The maximum Gasteiger partial charge on any atom is 0.246 e. The van der Waals surface area contributed by atoms with Gasteiger partial charge in [-0.15, -0.1) is 11.3 Å². The number of hydrogen-bond acceptors (Lipinski definition) is 13. The van der Waals surface area contributed by atoms with Gasteiger partial charge in [-0.3, -0.25) is 28.8 Å². The van der Waals surface area contributed by atoms with Crippen LogP contribution in [0.3, 0.4) is 0 Å². The summed E-state index contributed by atoms with van der Waals surface area (Å²) >= 11 is 1.57. The van der Waals surface area contributed by atoms with Gasteiger partial charge in [-0.1, -0.05) is 63.2 Å². The zero-order chi connectivity index (χ0) is 46.6. The quantitative estimate of drug-likeness (QED) is 0.0784. The predicted octanol–water partition coefficient (Wildman–Crippen LogP) is 5.05. The van der Waals surface area contributed by atoms with Gasteiger partial charge in [0.2, 0.25) is 17.7 Å². The van der Waals surface area contributed by atoms with E-state index in [4.69, 9.17) is 24.0 Å². The van der Waals surface area contributed by atoms with E-state index in [0.717, 1.165) is 61.6 Å². The fourth-order valence-electron chi connectivity index (χ4n) is 8.06. The first-order chi connectivity index (χ1) is 31.9. The standard InChI is InChI=1S/C49H59N7O9S/c1-32-45(66-31-52-32)35-7-5-33(6-8-35)27-51-47(60)41-26-38(57)28-56(41)48(61)46(49(2,3)4)53-43(59)30-65-24-23-64-22-21-63-20-19-62-18-17-55-29-40(44(54-55)34-13-15-50-16-14-34)37-9-11-39-36(25-37)10-12-42(39)58/h5-9,11,13-16,25,29,31,38,41,46,57H,10,12,17-24,26-28,30H2,1-4H3,(H,51,60)(H,53,59)/t38-,41+,46-/m1/s1. The van der Waals surface area contributed by atoms with Crippen LogP contribution in [0.4, 0.5) is 0 Å². The second-order valence-electron chi connectivity index (χ2n) is 17.5. The number of fused-ring (bicyclic) bond motifs is 1. The van der Waals surface area contributed by atoms with Gasteiger partial charge >= 0.3 is 0 Å². The Morgan fingerprint density at radius 3 is 2.23 bits per heavy atom. The molecule has 5 aromatic rings. The van der Waals surface area contributed by atoms with Gasteiger partial charge in [0.25, 0.3) is 0 Å². The molecule has 1 saturated heterocycles. The summed E-state index contributed by atoms with van der Waals surface area (Å²) in [6, 6.07) is 15.9. The van der Waals surface area contributed by atoms with Gasteiger partial charge in [-0.05, 0) is 53.1 Å². The van der Waals surface area contributed by atoms with E-state index < -0.39 is 35.4 Å². The molecule has 1 aliphatic heterocycles. The molecular weight excluding hydrogens is 863 g/mol. The first-order valence-electron chi connectivity index (χ1n) is 22.4. The van der Waals surface area contributed by atoms with Crippen LogP contribution in [0.15, 0.2) is 78.7 Å². The summed E-state index contributed by atoms with van der Waals surface area (Å²) in [6.07, 6.45) is 6.05. The average Bonchev–Trinajstić information content (AvgIpc) is 4.12. The van der Waals surface area contributed by atoms with E-state index in [2.05, 4.69) is 26.7 Å². The minimum atomic E-state index is -0.965. The van der Waals surface area contributed by atoms with Gasteiger partial charge in [0.05, 0.1) is 75.0 Å². The molecule has 66 heavy (non-hydrogen) atoms. The number of thiazole rings is 1. The van der Waals surface area contributed by atoms with Gasteiger partial charge in [0, 0.05) is 61.2 Å². The van der Waals surface area contributed by atoms with Crippen LogP contribution in [0.1, 0.15) is 60.8 Å². The normalized spacial score (nSPS) is 16.4. The van der Waals surface area contributed by atoms with Crippen molar-refractivity contribution >= 4 is 34.8 Å². The molecule has 3 atom stereocenters. The molecule has 2 aliphatic rings. The van der Waals surface area contributed by atoms with Crippen LogP contribution in [-0.4, -0.2) is 131 Å². The van der Waals surface area contributed by atoms with Crippen molar-refractivity contribution in [1.29, 1.82) is 0 Å². The van der Waals surface area contributed by atoms with E-state index in [1.54, 1.807) is 23.7 Å². The zero-order valence-electron chi connectivity index (χ0n) is 38.0. The molecule has 4 heterocycles. The third-order valence-electron chi connectivity index (χ3n) is 11.6. The number of hydrogen-bond donors (Lipinski definition) is 3. The lowest BCUT2D eigenvalue weighted by Gasteiger charge is -2.35. The van der Waals surface area contributed by atoms with E-state index in [1.165, 1.54) is 4.90 Å². The SMILES string of the molecule is Cc1ncsc1-c1ccc(CNC(=O)[C@@H]2C[C@@H](O)CN2C(=O)[C@@H](NC(=O)COCCOCCOCCOCCn2cc(-c3ccc4c(c3)CCC4=O)c(-c3ccncc3)n2)C(C)(C)C)cc1. The largest absolute Gasteiger partial charge is 0.391 e. The van der Waals surface area contributed by atoms with E-state index >= 15 is 0 Å². The van der Waals surface area contributed by atoms with E-state index in [9.17, 15) is 24.3 Å². The second-order valence-corrected chi connectivity index (χ2v) is 18.4.